The Labute approximate surface area is 206 Å². The maximum atomic E-state index is 12.5. The number of piperidine rings is 1. The second-order valence-corrected chi connectivity index (χ2v) is 9.70. The van der Waals surface area contributed by atoms with E-state index in [2.05, 4.69) is 36.5 Å². The van der Waals surface area contributed by atoms with E-state index < -0.39 is 18.0 Å². The van der Waals surface area contributed by atoms with Gasteiger partial charge in [-0.2, -0.15) is 0 Å². The van der Waals surface area contributed by atoms with E-state index in [-0.39, 0.29) is 24.3 Å². The number of nitrogens with one attached hydrogen (secondary N) is 1. The van der Waals surface area contributed by atoms with E-state index in [1.165, 1.54) is 22.3 Å². The molecule has 7 heteroatoms. The van der Waals surface area contributed by atoms with Gasteiger partial charge in [-0.1, -0.05) is 55.5 Å². The van der Waals surface area contributed by atoms with E-state index in [1.54, 1.807) is 4.90 Å². The van der Waals surface area contributed by atoms with Crippen LogP contribution >= 0.6 is 0 Å². The van der Waals surface area contributed by atoms with Gasteiger partial charge < -0.3 is 20.1 Å². The quantitative estimate of drug-likeness (QED) is 0.547. The zero-order chi connectivity index (χ0) is 24.8. The molecule has 35 heavy (non-hydrogen) atoms. The van der Waals surface area contributed by atoms with Gasteiger partial charge in [0.15, 0.2) is 0 Å². The maximum absolute atomic E-state index is 12.5. The van der Waals surface area contributed by atoms with Gasteiger partial charge in [0.2, 0.25) is 5.91 Å². The van der Waals surface area contributed by atoms with Gasteiger partial charge in [-0.3, -0.25) is 9.59 Å². The van der Waals surface area contributed by atoms with Crippen LogP contribution in [0.3, 0.4) is 0 Å². The molecule has 2 amide bonds. The molecule has 1 aliphatic carbocycles. The molecule has 0 aromatic heterocycles. The topological polar surface area (TPSA) is 95.9 Å². The first-order valence-corrected chi connectivity index (χ1v) is 12.5. The Morgan fingerprint density at radius 1 is 1.06 bits per heavy atom. The number of carbonyl (C=O) groups excluding carboxylic acids is 2. The van der Waals surface area contributed by atoms with Crippen LogP contribution < -0.4 is 5.32 Å². The monoisotopic (exact) mass is 478 g/mol. The number of benzene rings is 2. The number of nitrogens with zero attached hydrogens (tertiary/aromatic N) is 1. The summed E-state index contributed by atoms with van der Waals surface area (Å²) < 4.78 is 5.57. The molecule has 2 aromatic carbocycles. The lowest BCUT2D eigenvalue weighted by Gasteiger charge is -2.31. The highest BCUT2D eigenvalue weighted by atomic mass is 16.5. The van der Waals surface area contributed by atoms with Crippen molar-refractivity contribution in [1.29, 1.82) is 0 Å². The minimum absolute atomic E-state index is 0.0206. The molecule has 186 valence electrons. The molecule has 1 saturated heterocycles. The molecular weight excluding hydrogens is 444 g/mol. The van der Waals surface area contributed by atoms with Crippen molar-refractivity contribution in [1.82, 2.24) is 10.2 Å². The highest BCUT2D eigenvalue weighted by molar-refractivity contribution is 5.79. The van der Waals surface area contributed by atoms with Gasteiger partial charge in [0.1, 0.15) is 6.61 Å². The van der Waals surface area contributed by atoms with Crippen LogP contribution in [0.4, 0.5) is 4.79 Å². The van der Waals surface area contributed by atoms with Crippen LogP contribution in [0.1, 0.15) is 56.1 Å². The van der Waals surface area contributed by atoms with Crippen molar-refractivity contribution in [3.05, 3.63) is 59.7 Å². The van der Waals surface area contributed by atoms with Gasteiger partial charge in [0, 0.05) is 32.0 Å². The third-order valence-corrected chi connectivity index (χ3v) is 7.22. The molecule has 1 unspecified atom stereocenters. The molecule has 4 rings (SSSR count). The second kappa shape index (κ2) is 11.4. The van der Waals surface area contributed by atoms with E-state index in [0.717, 1.165) is 12.8 Å². The van der Waals surface area contributed by atoms with Gasteiger partial charge >= 0.3 is 12.1 Å². The maximum Gasteiger partial charge on any atom is 0.407 e. The molecule has 0 spiro atoms. The average Bonchev–Trinajstić information content (AvgIpc) is 3.19. The standard InChI is InChI=1S/C28H34N2O5/c1-19(12-13-26(31)30-16-6-7-20(17-30)27(32)33)14-15-29-28(34)35-18-25-23-10-4-2-8-21(23)22-9-3-5-11-24(22)25/h2-5,8-11,19-20,25H,6-7,12-18H2,1H3,(H,29,34)(H,32,33)/t19?,20-/m0/s1. The summed E-state index contributed by atoms with van der Waals surface area (Å²) in [6, 6.07) is 16.5. The molecular formula is C28H34N2O5. The highest BCUT2D eigenvalue weighted by Gasteiger charge is 2.29. The van der Waals surface area contributed by atoms with Gasteiger partial charge in [-0.25, -0.2) is 4.79 Å². The number of hydrogen-bond donors (Lipinski definition) is 2. The summed E-state index contributed by atoms with van der Waals surface area (Å²) in [5, 5.41) is 12.0. The van der Waals surface area contributed by atoms with Crippen LogP contribution in [0.5, 0.6) is 0 Å². The first kappa shape index (κ1) is 24.8. The van der Waals surface area contributed by atoms with Gasteiger partial charge in [0.25, 0.3) is 0 Å². The summed E-state index contributed by atoms with van der Waals surface area (Å²) in [5.41, 5.74) is 4.76. The molecule has 0 bridgehead atoms. The number of carboxylic acids is 1. The van der Waals surface area contributed by atoms with E-state index >= 15 is 0 Å². The third kappa shape index (κ3) is 6.02. The number of fused-ring (bicyclic) bond motifs is 3. The number of amides is 2. The Hall–Kier alpha value is -3.35. The minimum Gasteiger partial charge on any atom is -0.481 e. The number of hydrogen-bond acceptors (Lipinski definition) is 4. The van der Waals surface area contributed by atoms with Gasteiger partial charge in [0.05, 0.1) is 5.92 Å². The molecule has 2 N–H and O–H groups in total. The zero-order valence-electron chi connectivity index (χ0n) is 20.2. The molecule has 1 heterocycles. The molecule has 2 atom stereocenters. The summed E-state index contributed by atoms with van der Waals surface area (Å²) in [7, 11) is 0. The Bertz CT molecular complexity index is 1020. The number of aliphatic carboxylic acids is 1. The lowest BCUT2D eigenvalue weighted by molar-refractivity contribution is -0.145. The van der Waals surface area contributed by atoms with Crippen molar-refractivity contribution in [3.63, 3.8) is 0 Å². The summed E-state index contributed by atoms with van der Waals surface area (Å²) in [6.45, 7) is 3.78. The summed E-state index contributed by atoms with van der Waals surface area (Å²) >= 11 is 0. The van der Waals surface area contributed by atoms with Crippen LogP contribution in [0.15, 0.2) is 48.5 Å². The smallest absolute Gasteiger partial charge is 0.407 e. The van der Waals surface area contributed by atoms with Crippen molar-refractivity contribution in [3.8, 4) is 11.1 Å². The summed E-state index contributed by atoms with van der Waals surface area (Å²) in [6.07, 6.45) is 2.80. The van der Waals surface area contributed by atoms with Crippen LogP contribution in [-0.2, 0) is 14.3 Å². The molecule has 2 aliphatic rings. The molecule has 2 aromatic rings. The van der Waals surface area contributed by atoms with Crippen molar-refractivity contribution < 1.29 is 24.2 Å². The first-order valence-electron chi connectivity index (χ1n) is 12.5. The van der Waals surface area contributed by atoms with E-state index in [1.807, 2.05) is 24.3 Å². The summed E-state index contributed by atoms with van der Waals surface area (Å²) in [5.74, 6) is -0.963. The van der Waals surface area contributed by atoms with Crippen LogP contribution in [-0.4, -0.2) is 54.2 Å². The highest BCUT2D eigenvalue weighted by Crippen LogP contribution is 2.44. The van der Waals surface area contributed by atoms with Crippen molar-refractivity contribution >= 4 is 18.0 Å². The number of carbonyl (C=O) groups is 3. The zero-order valence-corrected chi connectivity index (χ0v) is 20.2. The van der Waals surface area contributed by atoms with E-state index in [0.29, 0.717) is 38.9 Å². The number of rotatable bonds is 9. The van der Waals surface area contributed by atoms with Crippen LogP contribution in [0.2, 0.25) is 0 Å². The number of ether oxygens (including phenoxy) is 1. The van der Waals surface area contributed by atoms with Crippen molar-refractivity contribution in [2.24, 2.45) is 11.8 Å². The Morgan fingerprint density at radius 2 is 1.71 bits per heavy atom. The van der Waals surface area contributed by atoms with E-state index in [4.69, 9.17) is 4.74 Å². The fourth-order valence-corrected chi connectivity index (χ4v) is 5.15. The lowest BCUT2D eigenvalue weighted by atomic mass is 9.97. The van der Waals surface area contributed by atoms with E-state index in [9.17, 15) is 19.5 Å². The fraction of sp³-hybridized carbons (Fsp3) is 0.464. The Morgan fingerprint density at radius 3 is 2.37 bits per heavy atom. The predicted octanol–water partition coefficient (Wildman–Crippen LogP) is 4.65. The van der Waals surface area contributed by atoms with Gasteiger partial charge in [-0.05, 0) is 53.9 Å². The lowest BCUT2D eigenvalue weighted by Crippen LogP contribution is -2.42. The molecule has 0 radical (unpaired) electrons. The van der Waals surface area contributed by atoms with Crippen LogP contribution in [0.25, 0.3) is 11.1 Å². The Balaban J connectivity index is 1.16. The number of likely N-dealkylation sites (tertiary alicyclic amines) is 1. The minimum atomic E-state index is -0.824. The van der Waals surface area contributed by atoms with Crippen molar-refractivity contribution in [2.45, 2.75) is 44.9 Å². The summed E-state index contributed by atoms with van der Waals surface area (Å²) in [4.78, 5) is 37.7. The fourth-order valence-electron chi connectivity index (χ4n) is 5.15. The molecule has 0 saturated carbocycles. The SMILES string of the molecule is CC(CCNC(=O)OCC1c2ccccc2-c2ccccc21)CCC(=O)N1CCC[C@H](C(=O)O)C1. The number of alkyl carbamates (subject to hydrolysis) is 1. The average molecular weight is 479 g/mol. The number of carboxylic acid groups (broad SMARTS) is 1. The van der Waals surface area contributed by atoms with Crippen molar-refractivity contribution in [2.75, 3.05) is 26.2 Å². The third-order valence-electron chi connectivity index (χ3n) is 7.22. The predicted molar refractivity (Wildman–Crippen MR) is 133 cm³/mol. The van der Waals surface area contributed by atoms with Gasteiger partial charge in [-0.15, -0.1) is 0 Å². The molecule has 7 nitrogen and oxygen atoms in total. The first-order chi connectivity index (χ1) is 16.9. The second-order valence-electron chi connectivity index (χ2n) is 9.70. The molecule has 1 aliphatic heterocycles. The normalized spacial score (nSPS) is 17.9. The largest absolute Gasteiger partial charge is 0.481 e. The molecule has 1 fully saturated rings. The Kier molecular flexibility index (Phi) is 8.06. The van der Waals surface area contributed by atoms with Crippen LogP contribution in [0, 0.1) is 11.8 Å².